The summed E-state index contributed by atoms with van der Waals surface area (Å²) in [7, 11) is 0. The highest BCUT2D eigenvalue weighted by Crippen LogP contribution is 2.29. The van der Waals surface area contributed by atoms with Crippen LogP contribution in [-0.4, -0.2) is 49.4 Å². The van der Waals surface area contributed by atoms with E-state index in [2.05, 4.69) is 12.1 Å². The number of rotatable bonds is 7. The van der Waals surface area contributed by atoms with Gasteiger partial charge in [-0.05, 0) is 60.2 Å². The van der Waals surface area contributed by atoms with Gasteiger partial charge in [0.1, 0.15) is 5.82 Å². The molecule has 5 rings (SSSR count). The van der Waals surface area contributed by atoms with Gasteiger partial charge in [-0.2, -0.15) is 0 Å². The largest absolute Gasteiger partial charge is 0.311 e. The zero-order chi connectivity index (χ0) is 23.5. The Labute approximate surface area is 199 Å². The zero-order valence-electron chi connectivity index (χ0n) is 19.1. The van der Waals surface area contributed by atoms with Crippen LogP contribution in [0.25, 0.3) is 0 Å². The van der Waals surface area contributed by atoms with Crippen LogP contribution in [0.3, 0.4) is 0 Å². The normalized spacial score (nSPS) is 14.4. The summed E-state index contributed by atoms with van der Waals surface area (Å²) in [4.78, 5) is 32.2. The number of nitrogens with zero attached hydrogens (tertiary/aromatic N) is 3. The monoisotopic (exact) mass is 457 g/mol. The molecule has 0 spiro atoms. The SMILES string of the molecule is O=C(CN(CCc1ccc(F)cc1)CC(=O)N1CCc2ccccc21)N1CCc2ccccc21. The van der Waals surface area contributed by atoms with Gasteiger partial charge in [0, 0.05) is 31.0 Å². The van der Waals surface area contributed by atoms with Crippen molar-refractivity contribution in [3.63, 3.8) is 0 Å². The molecule has 174 valence electrons. The number of hydrogen-bond donors (Lipinski definition) is 0. The van der Waals surface area contributed by atoms with Crippen molar-refractivity contribution in [2.75, 3.05) is 42.5 Å². The number of amides is 2. The van der Waals surface area contributed by atoms with Crippen LogP contribution in [0, 0.1) is 5.82 Å². The molecule has 0 N–H and O–H groups in total. The van der Waals surface area contributed by atoms with E-state index in [0.717, 1.165) is 29.8 Å². The summed E-state index contributed by atoms with van der Waals surface area (Å²) in [6.07, 6.45) is 2.33. The summed E-state index contributed by atoms with van der Waals surface area (Å²) in [6.45, 7) is 2.19. The minimum Gasteiger partial charge on any atom is -0.311 e. The molecular weight excluding hydrogens is 429 g/mol. The second kappa shape index (κ2) is 9.77. The molecule has 0 aliphatic carbocycles. The number of para-hydroxylation sites is 2. The van der Waals surface area contributed by atoms with Crippen molar-refractivity contribution in [1.82, 2.24) is 4.90 Å². The number of fused-ring (bicyclic) bond motifs is 2. The molecule has 0 radical (unpaired) electrons. The molecule has 5 nitrogen and oxygen atoms in total. The van der Waals surface area contributed by atoms with Crippen molar-refractivity contribution < 1.29 is 14.0 Å². The fourth-order valence-electron chi connectivity index (χ4n) is 4.90. The van der Waals surface area contributed by atoms with Crippen LogP contribution >= 0.6 is 0 Å². The predicted molar refractivity (Wildman–Crippen MR) is 132 cm³/mol. The number of carbonyl (C=O) groups is 2. The molecule has 3 aromatic carbocycles. The Kier molecular flexibility index (Phi) is 6.41. The lowest BCUT2D eigenvalue weighted by Crippen LogP contribution is -2.45. The van der Waals surface area contributed by atoms with Crippen LogP contribution < -0.4 is 9.80 Å². The molecule has 0 unspecified atom stereocenters. The van der Waals surface area contributed by atoms with Crippen molar-refractivity contribution >= 4 is 23.2 Å². The van der Waals surface area contributed by atoms with E-state index >= 15 is 0 Å². The van der Waals surface area contributed by atoms with Crippen molar-refractivity contribution in [2.45, 2.75) is 19.3 Å². The van der Waals surface area contributed by atoms with E-state index in [1.807, 2.05) is 51.1 Å². The number of carbonyl (C=O) groups excluding carboxylic acids is 2. The highest BCUT2D eigenvalue weighted by molar-refractivity contribution is 5.99. The summed E-state index contributed by atoms with van der Waals surface area (Å²) in [6, 6.07) is 22.4. The van der Waals surface area contributed by atoms with Crippen LogP contribution in [0.1, 0.15) is 16.7 Å². The van der Waals surface area contributed by atoms with Crippen molar-refractivity contribution in [1.29, 1.82) is 0 Å². The Hall–Kier alpha value is -3.51. The van der Waals surface area contributed by atoms with Gasteiger partial charge >= 0.3 is 0 Å². The molecular formula is C28H28FN3O2. The fourth-order valence-corrected chi connectivity index (χ4v) is 4.90. The number of halogens is 1. The van der Waals surface area contributed by atoms with E-state index in [-0.39, 0.29) is 30.7 Å². The lowest BCUT2D eigenvalue weighted by atomic mass is 10.1. The molecule has 6 heteroatoms. The van der Waals surface area contributed by atoms with Crippen molar-refractivity contribution in [3.05, 3.63) is 95.3 Å². The maximum Gasteiger partial charge on any atom is 0.241 e. The molecule has 34 heavy (non-hydrogen) atoms. The summed E-state index contributed by atoms with van der Waals surface area (Å²) in [5.41, 5.74) is 5.26. The first kappa shape index (κ1) is 22.3. The smallest absolute Gasteiger partial charge is 0.241 e. The summed E-state index contributed by atoms with van der Waals surface area (Å²) in [5, 5.41) is 0. The Morgan fingerprint density at radius 1 is 0.735 bits per heavy atom. The average Bonchev–Trinajstić information content (AvgIpc) is 3.48. The van der Waals surface area contributed by atoms with Gasteiger partial charge in [0.25, 0.3) is 0 Å². The third kappa shape index (κ3) is 4.73. The molecule has 0 saturated carbocycles. The Morgan fingerprint density at radius 3 is 1.76 bits per heavy atom. The van der Waals surface area contributed by atoms with Gasteiger partial charge in [-0.1, -0.05) is 48.5 Å². The molecule has 0 bridgehead atoms. The zero-order valence-corrected chi connectivity index (χ0v) is 19.1. The third-order valence-corrected chi connectivity index (χ3v) is 6.72. The van der Waals surface area contributed by atoms with E-state index in [4.69, 9.17) is 0 Å². The van der Waals surface area contributed by atoms with E-state index in [0.29, 0.717) is 26.1 Å². The number of anilines is 2. The minimum absolute atomic E-state index is 0.00122. The van der Waals surface area contributed by atoms with Gasteiger partial charge < -0.3 is 9.80 Å². The first-order valence-corrected chi connectivity index (χ1v) is 11.8. The summed E-state index contributed by atoms with van der Waals surface area (Å²) in [5.74, 6) is -0.274. The van der Waals surface area contributed by atoms with Crippen LogP contribution in [0.2, 0.25) is 0 Å². The average molecular weight is 458 g/mol. The van der Waals surface area contributed by atoms with E-state index in [1.54, 1.807) is 12.1 Å². The maximum atomic E-state index is 13.3. The Morgan fingerprint density at radius 2 is 1.24 bits per heavy atom. The Balaban J connectivity index is 1.30. The standard InChI is InChI=1S/C28H28FN3O2/c29-24-11-9-21(10-12-24)13-16-30(19-27(33)31-17-14-22-5-1-3-7-25(22)31)20-28(34)32-18-15-23-6-2-4-8-26(23)32/h1-12H,13-20H2. The minimum atomic E-state index is -0.272. The molecule has 0 atom stereocenters. The van der Waals surface area contributed by atoms with Crippen LogP contribution in [0.15, 0.2) is 72.8 Å². The summed E-state index contributed by atoms with van der Waals surface area (Å²) < 4.78 is 13.3. The molecule has 0 fully saturated rings. The molecule has 2 amide bonds. The second-order valence-electron chi connectivity index (χ2n) is 8.94. The maximum absolute atomic E-state index is 13.3. The van der Waals surface area contributed by atoms with Crippen LogP contribution in [0.4, 0.5) is 15.8 Å². The van der Waals surface area contributed by atoms with E-state index < -0.39 is 0 Å². The van der Waals surface area contributed by atoms with Crippen molar-refractivity contribution in [2.24, 2.45) is 0 Å². The quantitative estimate of drug-likeness (QED) is 0.541. The van der Waals surface area contributed by atoms with Gasteiger partial charge in [0.15, 0.2) is 0 Å². The number of benzene rings is 3. The first-order valence-electron chi connectivity index (χ1n) is 11.8. The molecule has 2 aliphatic heterocycles. The van der Waals surface area contributed by atoms with Gasteiger partial charge in [-0.3, -0.25) is 14.5 Å². The molecule has 2 aliphatic rings. The van der Waals surface area contributed by atoms with E-state index in [1.165, 1.54) is 23.3 Å². The van der Waals surface area contributed by atoms with Gasteiger partial charge in [-0.25, -0.2) is 4.39 Å². The van der Waals surface area contributed by atoms with Gasteiger partial charge in [0.2, 0.25) is 11.8 Å². The van der Waals surface area contributed by atoms with Gasteiger partial charge in [0.05, 0.1) is 13.1 Å². The molecule has 2 heterocycles. The fraction of sp³-hybridized carbons (Fsp3) is 0.286. The second-order valence-corrected chi connectivity index (χ2v) is 8.94. The van der Waals surface area contributed by atoms with Crippen LogP contribution in [0.5, 0.6) is 0 Å². The summed E-state index contributed by atoms with van der Waals surface area (Å²) >= 11 is 0. The highest BCUT2D eigenvalue weighted by atomic mass is 19.1. The third-order valence-electron chi connectivity index (χ3n) is 6.72. The number of hydrogen-bond acceptors (Lipinski definition) is 3. The highest BCUT2D eigenvalue weighted by Gasteiger charge is 2.29. The Bertz CT molecular complexity index is 1120. The molecule has 0 aromatic heterocycles. The lowest BCUT2D eigenvalue weighted by Gasteiger charge is -2.27. The van der Waals surface area contributed by atoms with Gasteiger partial charge in [-0.15, -0.1) is 0 Å². The van der Waals surface area contributed by atoms with Crippen molar-refractivity contribution in [3.8, 4) is 0 Å². The molecule has 0 saturated heterocycles. The predicted octanol–water partition coefficient (Wildman–Crippen LogP) is 3.85. The topological polar surface area (TPSA) is 43.9 Å². The van der Waals surface area contributed by atoms with Crippen LogP contribution in [-0.2, 0) is 28.9 Å². The first-order chi connectivity index (χ1) is 16.6. The lowest BCUT2D eigenvalue weighted by molar-refractivity contribution is -0.122. The van der Waals surface area contributed by atoms with E-state index in [9.17, 15) is 14.0 Å². The molecule has 3 aromatic rings.